The molecule has 2 unspecified atom stereocenters. The van der Waals surface area contributed by atoms with Crippen molar-refractivity contribution in [3.63, 3.8) is 0 Å². The number of nitrogens with zero attached hydrogens (tertiary/aromatic N) is 2. The van der Waals surface area contributed by atoms with Crippen LogP contribution in [0.5, 0.6) is 0 Å². The molecule has 6 heteroatoms. The van der Waals surface area contributed by atoms with E-state index in [2.05, 4.69) is 12.2 Å². The number of rotatable bonds is 6. The largest absolute Gasteiger partial charge is 0.352 e. The molecule has 0 amide bonds. The third-order valence-electron chi connectivity index (χ3n) is 4.78. The first kappa shape index (κ1) is 15.1. The summed E-state index contributed by atoms with van der Waals surface area (Å²) in [5, 5.41) is 3.32. The number of hydrogen-bond acceptors (Lipinski definition) is 3. The van der Waals surface area contributed by atoms with E-state index in [0.717, 1.165) is 31.5 Å². The molecule has 0 aromatic carbocycles. The van der Waals surface area contributed by atoms with Crippen molar-refractivity contribution in [1.82, 2.24) is 14.2 Å². The van der Waals surface area contributed by atoms with Crippen molar-refractivity contribution in [3.05, 3.63) is 18.0 Å². The third-order valence-corrected chi connectivity index (χ3v) is 6.66. The first-order chi connectivity index (χ1) is 10.0. The zero-order chi connectivity index (χ0) is 15.0. The summed E-state index contributed by atoms with van der Waals surface area (Å²) < 4.78 is 29.3. The summed E-state index contributed by atoms with van der Waals surface area (Å²) in [6.45, 7) is 4.50. The van der Waals surface area contributed by atoms with Gasteiger partial charge in [0.05, 0.1) is 0 Å². The third kappa shape index (κ3) is 2.76. The molecule has 1 saturated heterocycles. The summed E-state index contributed by atoms with van der Waals surface area (Å²) in [5.74, 6) is 0.583. The van der Waals surface area contributed by atoms with E-state index in [4.69, 9.17) is 0 Å². The van der Waals surface area contributed by atoms with Crippen LogP contribution in [0, 0.1) is 5.92 Å². The van der Waals surface area contributed by atoms with E-state index >= 15 is 0 Å². The minimum absolute atomic E-state index is 0.238. The van der Waals surface area contributed by atoms with Crippen molar-refractivity contribution >= 4 is 10.0 Å². The van der Waals surface area contributed by atoms with Crippen LogP contribution in [-0.2, 0) is 23.6 Å². The second-order valence-corrected chi connectivity index (χ2v) is 8.25. The molecular formula is C15H25N3O2S. The van der Waals surface area contributed by atoms with Crippen LogP contribution >= 0.6 is 0 Å². The predicted molar refractivity (Wildman–Crippen MR) is 82.4 cm³/mol. The van der Waals surface area contributed by atoms with Gasteiger partial charge >= 0.3 is 0 Å². The standard InChI is InChI=1S/C15H25N3O2S/c1-3-6-16-9-14-8-15(11-17(14)2)21(19,20)18-10-12-4-5-13(18)7-12/h8,11-13,16H,3-7,9-10H2,1-2H3. The highest BCUT2D eigenvalue weighted by molar-refractivity contribution is 7.89. The number of sulfonamides is 1. The van der Waals surface area contributed by atoms with Crippen molar-refractivity contribution in [1.29, 1.82) is 0 Å². The molecule has 0 spiro atoms. The molecule has 2 atom stereocenters. The lowest BCUT2D eigenvalue weighted by atomic mass is 10.1. The number of fused-ring (bicyclic) bond motifs is 2. The second kappa shape index (κ2) is 5.74. The molecule has 1 N–H and O–H groups in total. The highest BCUT2D eigenvalue weighted by Crippen LogP contribution is 2.40. The Morgan fingerprint density at radius 1 is 1.38 bits per heavy atom. The summed E-state index contributed by atoms with van der Waals surface area (Å²) in [5.41, 5.74) is 1.02. The number of aryl methyl sites for hydroxylation is 1. The highest BCUT2D eigenvalue weighted by Gasteiger charge is 2.44. The smallest absolute Gasteiger partial charge is 0.244 e. The van der Waals surface area contributed by atoms with E-state index in [0.29, 0.717) is 23.9 Å². The van der Waals surface area contributed by atoms with Crippen LogP contribution in [0.4, 0.5) is 0 Å². The number of aromatic nitrogens is 1. The normalized spacial score (nSPS) is 25.8. The summed E-state index contributed by atoms with van der Waals surface area (Å²) in [6, 6.07) is 2.06. The Hall–Kier alpha value is -0.850. The van der Waals surface area contributed by atoms with Gasteiger partial charge in [0.15, 0.2) is 0 Å². The van der Waals surface area contributed by atoms with E-state index in [1.54, 1.807) is 10.5 Å². The lowest BCUT2D eigenvalue weighted by Crippen LogP contribution is -2.37. The lowest BCUT2D eigenvalue weighted by molar-refractivity contribution is 0.333. The Balaban J connectivity index is 1.78. The van der Waals surface area contributed by atoms with Gasteiger partial charge in [-0.25, -0.2) is 8.42 Å². The van der Waals surface area contributed by atoms with E-state index in [9.17, 15) is 8.42 Å². The molecule has 1 aromatic rings. The second-order valence-electron chi connectivity index (χ2n) is 6.36. The molecule has 1 aromatic heterocycles. The first-order valence-electron chi connectivity index (χ1n) is 7.90. The zero-order valence-electron chi connectivity index (χ0n) is 12.9. The van der Waals surface area contributed by atoms with Gasteiger partial charge in [-0.1, -0.05) is 6.92 Å². The van der Waals surface area contributed by atoms with Gasteiger partial charge in [-0.15, -0.1) is 0 Å². The van der Waals surface area contributed by atoms with Crippen LogP contribution in [0.25, 0.3) is 0 Å². The average molecular weight is 311 g/mol. The van der Waals surface area contributed by atoms with Crippen molar-refractivity contribution in [3.8, 4) is 0 Å². The molecule has 21 heavy (non-hydrogen) atoms. The van der Waals surface area contributed by atoms with Crippen LogP contribution in [0.2, 0.25) is 0 Å². The van der Waals surface area contributed by atoms with E-state index < -0.39 is 10.0 Å². The Labute approximate surface area is 127 Å². The van der Waals surface area contributed by atoms with E-state index in [1.807, 2.05) is 17.7 Å². The molecule has 3 rings (SSSR count). The minimum atomic E-state index is -3.32. The van der Waals surface area contributed by atoms with Crippen LogP contribution < -0.4 is 5.32 Å². The predicted octanol–water partition coefficient (Wildman–Crippen LogP) is 1.70. The van der Waals surface area contributed by atoms with Gasteiger partial charge in [0, 0.05) is 38.1 Å². The Kier molecular flexibility index (Phi) is 4.12. The van der Waals surface area contributed by atoms with Gasteiger partial charge in [-0.05, 0) is 44.2 Å². The van der Waals surface area contributed by atoms with Crippen LogP contribution in [0.15, 0.2) is 17.2 Å². The maximum atomic E-state index is 12.8. The maximum Gasteiger partial charge on any atom is 0.244 e. The van der Waals surface area contributed by atoms with Crippen molar-refractivity contribution in [2.24, 2.45) is 13.0 Å². The zero-order valence-corrected chi connectivity index (χ0v) is 13.7. The van der Waals surface area contributed by atoms with Gasteiger partial charge in [0.25, 0.3) is 0 Å². The lowest BCUT2D eigenvalue weighted by Gasteiger charge is -2.25. The van der Waals surface area contributed by atoms with Gasteiger partial charge in [0.1, 0.15) is 4.90 Å². The number of hydrogen-bond donors (Lipinski definition) is 1. The fraction of sp³-hybridized carbons (Fsp3) is 0.733. The van der Waals surface area contributed by atoms with Crippen LogP contribution in [0.3, 0.4) is 0 Å². The summed E-state index contributed by atoms with van der Waals surface area (Å²) in [6.07, 6.45) is 6.10. The number of nitrogens with one attached hydrogen (secondary N) is 1. The highest BCUT2D eigenvalue weighted by atomic mass is 32.2. The Bertz CT molecular complexity index is 608. The van der Waals surface area contributed by atoms with Crippen LogP contribution in [0.1, 0.15) is 38.3 Å². The molecule has 2 bridgehead atoms. The van der Waals surface area contributed by atoms with E-state index in [-0.39, 0.29) is 6.04 Å². The first-order valence-corrected chi connectivity index (χ1v) is 9.34. The Morgan fingerprint density at radius 3 is 2.81 bits per heavy atom. The average Bonchev–Trinajstić information content (AvgIpc) is 3.15. The topological polar surface area (TPSA) is 54.3 Å². The van der Waals surface area contributed by atoms with Crippen molar-refractivity contribution < 1.29 is 8.42 Å². The molecule has 2 heterocycles. The molecular weight excluding hydrogens is 286 g/mol. The monoisotopic (exact) mass is 311 g/mol. The minimum Gasteiger partial charge on any atom is -0.352 e. The van der Waals surface area contributed by atoms with Crippen LogP contribution in [-0.4, -0.2) is 36.4 Å². The maximum absolute atomic E-state index is 12.8. The molecule has 1 saturated carbocycles. The quantitative estimate of drug-likeness (QED) is 0.814. The molecule has 0 radical (unpaired) electrons. The van der Waals surface area contributed by atoms with Gasteiger partial charge in [-0.2, -0.15) is 4.31 Å². The fourth-order valence-electron chi connectivity index (χ4n) is 3.60. The molecule has 1 aliphatic carbocycles. The molecule has 118 valence electrons. The molecule has 1 aliphatic heterocycles. The van der Waals surface area contributed by atoms with Crippen molar-refractivity contribution in [2.75, 3.05) is 13.1 Å². The molecule has 2 aliphatic rings. The number of piperidine rings is 1. The molecule has 5 nitrogen and oxygen atoms in total. The SMILES string of the molecule is CCCNCc1cc(S(=O)(=O)N2CC3CCC2C3)cn1C. The summed E-state index contributed by atoms with van der Waals surface area (Å²) >= 11 is 0. The van der Waals surface area contributed by atoms with Gasteiger partial charge < -0.3 is 9.88 Å². The van der Waals surface area contributed by atoms with Gasteiger partial charge in [-0.3, -0.25) is 0 Å². The summed E-state index contributed by atoms with van der Waals surface area (Å²) in [7, 11) is -1.40. The molecule has 2 fully saturated rings. The Morgan fingerprint density at radius 2 is 2.19 bits per heavy atom. The van der Waals surface area contributed by atoms with E-state index in [1.165, 1.54) is 6.42 Å². The fourth-order valence-corrected chi connectivity index (χ4v) is 5.43. The van der Waals surface area contributed by atoms with Crippen molar-refractivity contribution in [2.45, 2.75) is 50.1 Å². The summed E-state index contributed by atoms with van der Waals surface area (Å²) in [4.78, 5) is 0.450. The van der Waals surface area contributed by atoms with Gasteiger partial charge in [0.2, 0.25) is 10.0 Å².